The van der Waals surface area contributed by atoms with Crippen LogP contribution in [0.5, 0.6) is 0 Å². The monoisotopic (exact) mass is 239 g/mol. The second-order valence-electron chi connectivity index (χ2n) is 5.99. The molecule has 1 atom stereocenters. The van der Waals surface area contributed by atoms with Crippen LogP contribution in [-0.2, 0) is 9.53 Å². The van der Waals surface area contributed by atoms with Crippen molar-refractivity contribution < 1.29 is 9.53 Å². The molecule has 98 valence electrons. The highest BCUT2D eigenvalue weighted by Crippen LogP contribution is 2.38. The Morgan fingerprint density at radius 1 is 1.35 bits per heavy atom. The molecule has 1 unspecified atom stereocenters. The molecule has 1 fully saturated rings. The first-order chi connectivity index (χ1) is 7.71. The third kappa shape index (κ3) is 2.89. The van der Waals surface area contributed by atoms with E-state index in [1.54, 1.807) is 6.08 Å². The first kappa shape index (κ1) is 14.2. The number of hydrogen-bond donors (Lipinski definition) is 0. The fraction of sp³-hybridized carbons (Fsp3) is 0.786. The molecule has 1 heterocycles. The molecule has 3 nitrogen and oxygen atoms in total. The number of nitrogens with zero attached hydrogens (tertiary/aromatic N) is 1. The van der Waals surface area contributed by atoms with Gasteiger partial charge in [0.05, 0.1) is 5.54 Å². The van der Waals surface area contributed by atoms with Crippen LogP contribution in [0.3, 0.4) is 0 Å². The number of carbonyl (C=O) groups excluding carboxylic acids is 1. The molecule has 1 rings (SSSR count). The summed E-state index contributed by atoms with van der Waals surface area (Å²) < 4.78 is 5.54. The molecule has 0 amide bonds. The van der Waals surface area contributed by atoms with E-state index in [0.717, 1.165) is 12.8 Å². The third-order valence-corrected chi connectivity index (χ3v) is 4.14. The Morgan fingerprint density at radius 3 is 2.47 bits per heavy atom. The van der Waals surface area contributed by atoms with Crippen LogP contribution in [0, 0.1) is 0 Å². The van der Waals surface area contributed by atoms with Crippen LogP contribution in [-0.4, -0.2) is 35.1 Å². The van der Waals surface area contributed by atoms with E-state index in [1.165, 1.54) is 6.08 Å². The number of allylic oxidation sites excluding steroid dienone is 1. The van der Waals surface area contributed by atoms with Crippen LogP contribution < -0.4 is 0 Å². The topological polar surface area (TPSA) is 29.5 Å². The van der Waals surface area contributed by atoms with Gasteiger partial charge in [-0.25, -0.2) is 4.79 Å². The van der Waals surface area contributed by atoms with E-state index in [2.05, 4.69) is 39.6 Å². The molecule has 17 heavy (non-hydrogen) atoms. The smallest absolute Gasteiger partial charge is 0.330 e. The van der Waals surface area contributed by atoms with Crippen molar-refractivity contribution in [2.75, 3.05) is 7.05 Å². The van der Waals surface area contributed by atoms with Crippen molar-refractivity contribution in [3.05, 3.63) is 12.2 Å². The standard InChI is InChI=1S/C14H25NO2/c1-7-8-12(16)17-11-9-10-13(2,3)15(6)14(11,4)5/h7-8,11H,9-10H2,1-6H3. The lowest BCUT2D eigenvalue weighted by atomic mass is 9.78. The Bertz CT molecular complexity index is 318. The second kappa shape index (κ2) is 4.81. The molecule has 0 bridgehead atoms. The van der Waals surface area contributed by atoms with Gasteiger partial charge in [-0.2, -0.15) is 0 Å². The Kier molecular flexibility index (Phi) is 4.03. The average Bonchev–Trinajstić information content (AvgIpc) is 2.21. The van der Waals surface area contributed by atoms with Gasteiger partial charge in [-0.15, -0.1) is 0 Å². The van der Waals surface area contributed by atoms with Crippen LogP contribution in [0.1, 0.15) is 47.5 Å². The van der Waals surface area contributed by atoms with Crippen LogP contribution >= 0.6 is 0 Å². The van der Waals surface area contributed by atoms with E-state index in [1.807, 2.05) is 6.92 Å². The second-order valence-corrected chi connectivity index (χ2v) is 5.99. The van der Waals surface area contributed by atoms with Gasteiger partial charge in [-0.05, 0) is 54.5 Å². The number of carbonyl (C=O) groups is 1. The fourth-order valence-corrected chi connectivity index (χ4v) is 2.52. The minimum absolute atomic E-state index is 0.0378. The molecule has 0 spiro atoms. The number of ether oxygens (including phenoxy) is 1. The normalized spacial score (nSPS) is 28.2. The Hall–Kier alpha value is -0.830. The summed E-state index contributed by atoms with van der Waals surface area (Å²) >= 11 is 0. The maximum atomic E-state index is 11.5. The summed E-state index contributed by atoms with van der Waals surface area (Å²) in [4.78, 5) is 13.9. The van der Waals surface area contributed by atoms with Crippen molar-refractivity contribution in [3.8, 4) is 0 Å². The van der Waals surface area contributed by atoms with Gasteiger partial charge < -0.3 is 4.74 Å². The van der Waals surface area contributed by atoms with Crippen molar-refractivity contribution in [3.63, 3.8) is 0 Å². The zero-order chi connectivity index (χ0) is 13.3. The summed E-state index contributed by atoms with van der Waals surface area (Å²) in [5.74, 6) is -0.237. The van der Waals surface area contributed by atoms with Crippen LogP contribution in [0.25, 0.3) is 0 Å². The lowest BCUT2D eigenvalue weighted by molar-refractivity contribution is -0.161. The van der Waals surface area contributed by atoms with Gasteiger partial charge in [0.2, 0.25) is 0 Å². The summed E-state index contributed by atoms with van der Waals surface area (Å²) in [7, 11) is 2.11. The number of piperidine rings is 1. The first-order valence-corrected chi connectivity index (χ1v) is 6.29. The van der Waals surface area contributed by atoms with Gasteiger partial charge in [0, 0.05) is 11.6 Å². The lowest BCUT2D eigenvalue weighted by Gasteiger charge is -2.54. The van der Waals surface area contributed by atoms with Crippen molar-refractivity contribution in [2.24, 2.45) is 0 Å². The Balaban J connectivity index is 2.79. The Morgan fingerprint density at radius 2 is 1.94 bits per heavy atom. The quantitative estimate of drug-likeness (QED) is 0.548. The van der Waals surface area contributed by atoms with Crippen molar-refractivity contribution in [1.82, 2.24) is 4.90 Å². The van der Waals surface area contributed by atoms with Crippen LogP contribution in [0.15, 0.2) is 12.2 Å². The molecule has 0 N–H and O–H groups in total. The summed E-state index contributed by atoms with van der Waals surface area (Å²) in [5, 5.41) is 0. The minimum Gasteiger partial charge on any atom is -0.457 e. The van der Waals surface area contributed by atoms with Crippen molar-refractivity contribution >= 4 is 5.97 Å². The first-order valence-electron chi connectivity index (χ1n) is 6.29. The number of hydrogen-bond acceptors (Lipinski definition) is 3. The highest BCUT2D eigenvalue weighted by molar-refractivity contribution is 5.82. The van der Waals surface area contributed by atoms with Crippen molar-refractivity contribution in [1.29, 1.82) is 0 Å². The van der Waals surface area contributed by atoms with E-state index in [9.17, 15) is 4.79 Å². The van der Waals surface area contributed by atoms with E-state index in [0.29, 0.717) is 0 Å². The van der Waals surface area contributed by atoms with Crippen LogP contribution in [0.4, 0.5) is 0 Å². The predicted octanol–water partition coefficient (Wildman–Crippen LogP) is 2.76. The molecular formula is C14H25NO2. The maximum Gasteiger partial charge on any atom is 0.330 e. The lowest BCUT2D eigenvalue weighted by Crippen LogP contribution is -2.63. The Labute approximate surface area is 105 Å². The largest absolute Gasteiger partial charge is 0.457 e. The number of esters is 1. The van der Waals surface area contributed by atoms with Crippen molar-refractivity contribution in [2.45, 2.75) is 64.6 Å². The SMILES string of the molecule is CC=CC(=O)OC1CCC(C)(C)N(C)C1(C)C. The molecule has 0 saturated carbocycles. The number of likely N-dealkylation sites (N-methyl/N-ethyl adjacent to an activating group) is 1. The van der Waals surface area contributed by atoms with Gasteiger partial charge in [0.15, 0.2) is 0 Å². The molecule has 0 aromatic carbocycles. The van der Waals surface area contributed by atoms with Gasteiger partial charge >= 0.3 is 5.97 Å². The zero-order valence-electron chi connectivity index (χ0n) is 11.9. The number of rotatable bonds is 2. The molecular weight excluding hydrogens is 214 g/mol. The molecule has 1 saturated heterocycles. The summed E-state index contributed by atoms with van der Waals surface area (Å²) in [6.07, 6.45) is 5.12. The highest BCUT2D eigenvalue weighted by atomic mass is 16.5. The maximum absolute atomic E-state index is 11.5. The van der Waals surface area contributed by atoms with Gasteiger partial charge in [-0.3, -0.25) is 4.90 Å². The van der Waals surface area contributed by atoms with Crippen LogP contribution in [0.2, 0.25) is 0 Å². The minimum atomic E-state index is -0.237. The summed E-state index contributed by atoms with van der Waals surface area (Å²) in [6.45, 7) is 10.6. The fourth-order valence-electron chi connectivity index (χ4n) is 2.52. The molecule has 1 aliphatic heterocycles. The van der Waals surface area contributed by atoms with Gasteiger partial charge in [0.25, 0.3) is 0 Å². The molecule has 0 aromatic heterocycles. The van der Waals surface area contributed by atoms with E-state index >= 15 is 0 Å². The summed E-state index contributed by atoms with van der Waals surface area (Å²) in [6, 6.07) is 0. The van der Waals surface area contributed by atoms with Gasteiger partial charge in [-0.1, -0.05) is 6.08 Å². The zero-order valence-corrected chi connectivity index (χ0v) is 11.9. The predicted molar refractivity (Wildman–Crippen MR) is 69.8 cm³/mol. The molecule has 0 aromatic rings. The average molecular weight is 239 g/mol. The summed E-state index contributed by atoms with van der Waals surface area (Å²) in [5.41, 5.74) is 0.0337. The molecule has 3 heteroatoms. The van der Waals surface area contributed by atoms with E-state index in [4.69, 9.17) is 4.74 Å². The molecule has 0 aliphatic carbocycles. The number of likely N-dealkylation sites (tertiary alicyclic amines) is 1. The van der Waals surface area contributed by atoms with E-state index in [-0.39, 0.29) is 23.2 Å². The highest BCUT2D eigenvalue weighted by Gasteiger charge is 2.46. The third-order valence-electron chi connectivity index (χ3n) is 4.14. The van der Waals surface area contributed by atoms with Gasteiger partial charge in [0.1, 0.15) is 6.10 Å². The molecule has 0 radical (unpaired) electrons. The molecule has 1 aliphatic rings. The van der Waals surface area contributed by atoms with E-state index < -0.39 is 0 Å².